The third kappa shape index (κ3) is 9.17. The molecule has 0 bridgehead atoms. The molecule has 8 nitrogen and oxygen atoms in total. The van der Waals surface area contributed by atoms with Crippen LogP contribution < -0.4 is 4.74 Å². The second kappa shape index (κ2) is 13.0. The Labute approximate surface area is 179 Å². The first-order valence-corrected chi connectivity index (χ1v) is 9.86. The molecule has 0 aliphatic carbocycles. The summed E-state index contributed by atoms with van der Waals surface area (Å²) in [5.41, 5.74) is 0.857. The molecule has 29 heavy (non-hydrogen) atoms. The monoisotopic (exact) mass is 445 g/mol. The molecule has 0 spiro atoms. The van der Waals surface area contributed by atoms with E-state index in [1.807, 2.05) is 18.3 Å². The maximum absolute atomic E-state index is 9.10. The molecule has 0 aliphatic heterocycles. The van der Waals surface area contributed by atoms with Crippen LogP contribution in [0.3, 0.4) is 0 Å². The predicted octanol–water partition coefficient (Wildman–Crippen LogP) is 3.84. The lowest BCUT2D eigenvalue weighted by molar-refractivity contribution is -0.159. The van der Waals surface area contributed by atoms with Gasteiger partial charge in [0.15, 0.2) is 0 Å². The van der Waals surface area contributed by atoms with Crippen molar-refractivity contribution in [3.8, 4) is 11.6 Å². The molecular weight excluding hydrogens is 421 g/mol. The van der Waals surface area contributed by atoms with E-state index in [0.29, 0.717) is 22.5 Å². The molecule has 2 N–H and O–H groups in total. The summed E-state index contributed by atoms with van der Waals surface area (Å²) >= 11 is 12.0. The van der Waals surface area contributed by atoms with E-state index in [1.54, 1.807) is 16.8 Å². The number of hydrogen-bond acceptors (Lipinski definition) is 5. The Balaban J connectivity index is 0.000000612. The normalized spacial score (nSPS) is 10.4. The van der Waals surface area contributed by atoms with E-state index in [2.05, 4.69) is 23.8 Å². The summed E-state index contributed by atoms with van der Waals surface area (Å²) in [6, 6.07) is 7.27. The van der Waals surface area contributed by atoms with Gasteiger partial charge in [-0.05, 0) is 50.7 Å². The molecule has 0 aliphatic rings. The van der Waals surface area contributed by atoms with Gasteiger partial charge in [-0.3, -0.25) is 0 Å². The minimum atomic E-state index is -1.82. The van der Waals surface area contributed by atoms with Gasteiger partial charge in [0, 0.05) is 12.3 Å². The SMILES string of the molecule is CCN(CC)CCCCOc1ccn(-c2ccc(Cl)c(Cl)c2)n1.O=C(O)C(=O)O. The Kier molecular flexibility index (Phi) is 11.1. The van der Waals surface area contributed by atoms with Crippen molar-refractivity contribution in [3.05, 3.63) is 40.5 Å². The van der Waals surface area contributed by atoms with Gasteiger partial charge >= 0.3 is 11.9 Å². The Hall–Kier alpha value is -2.29. The lowest BCUT2D eigenvalue weighted by Gasteiger charge is -2.17. The molecule has 160 valence electrons. The highest BCUT2D eigenvalue weighted by atomic mass is 35.5. The van der Waals surface area contributed by atoms with Gasteiger partial charge < -0.3 is 19.8 Å². The molecule has 0 fully saturated rings. The first kappa shape index (κ1) is 24.7. The second-order valence-corrected chi connectivity index (χ2v) is 6.70. The summed E-state index contributed by atoms with van der Waals surface area (Å²) < 4.78 is 7.43. The molecule has 0 radical (unpaired) electrons. The van der Waals surface area contributed by atoms with Crippen LogP contribution in [0.25, 0.3) is 5.69 Å². The van der Waals surface area contributed by atoms with Gasteiger partial charge in [-0.15, -0.1) is 5.10 Å². The summed E-state index contributed by atoms with van der Waals surface area (Å²) in [6.07, 6.45) is 4.01. The number of benzene rings is 1. The topological polar surface area (TPSA) is 105 Å². The first-order valence-electron chi connectivity index (χ1n) is 9.10. The van der Waals surface area contributed by atoms with Gasteiger partial charge in [0.05, 0.1) is 22.3 Å². The Bertz CT molecular complexity index is 782. The molecular formula is C19H25Cl2N3O5. The minimum absolute atomic E-state index is 0.513. The number of carboxylic acids is 2. The Morgan fingerprint density at radius 1 is 1.07 bits per heavy atom. The largest absolute Gasteiger partial charge is 0.477 e. The smallest absolute Gasteiger partial charge is 0.414 e. The van der Waals surface area contributed by atoms with Crippen LogP contribution in [0.1, 0.15) is 26.7 Å². The van der Waals surface area contributed by atoms with Crippen molar-refractivity contribution >= 4 is 35.1 Å². The molecule has 0 amide bonds. The second-order valence-electron chi connectivity index (χ2n) is 5.89. The predicted molar refractivity (Wildman–Crippen MR) is 111 cm³/mol. The highest BCUT2D eigenvalue weighted by Gasteiger charge is 2.05. The van der Waals surface area contributed by atoms with Crippen LogP contribution in [-0.4, -0.2) is 63.1 Å². The maximum atomic E-state index is 9.10. The first-order chi connectivity index (χ1) is 13.8. The van der Waals surface area contributed by atoms with Crippen LogP contribution in [0.4, 0.5) is 0 Å². The molecule has 1 aromatic heterocycles. The van der Waals surface area contributed by atoms with Crippen molar-refractivity contribution in [3.63, 3.8) is 0 Å². The van der Waals surface area contributed by atoms with Crippen LogP contribution in [0.5, 0.6) is 5.88 Å². The number of hydrogen-bond donors (Lipinski definition) is 2. The van der Waals surface area contributed by atoms with Crippen LogP contribution >= 0.6 is 23.2 Å². The van der Waals surface area contributed by atoms with Crippen molar-refractivity contribution < 1.29 is 24.5 Å². The summed E-state index contributed by atoms with van der Waals surface area (Å²) in [5, 5.41) is 20.2. The summed E-state index contributed by atoms with van der Waals surface area (Å²) in [6.45, 7) is 8.38. The quantitative estimate of drug-likeness (QED) is 0.446. The molecule has 0 unspecified atom stereocenters. The van der Waals surface area contributed by atoms with Crippen LogP contribution in [0, 0.1) is 0 Å². The Morgan fingerprint density at radius 3 is 2.28 bits per heavy atom. The highest BCUT2D eigenvalue weighted by Crippen LogP contribution is 2.24. The van der Waals surface area contributed by atoms with Gasteiger partial charge in [0.1, 0.15) is 0 Å². The molecule has 2 rings (SSSR count). The number of nitrogens with zero attached hydrogens (tertiary/aromatic N) is 3. The highest BCUT2D eigenvalue weighted by molar-refractivity contribution is 6.42. The van der Waals surface area contributed by atoms with Crippen LogP contribution in [0.15, 0.2) is 30.5 Å². The lowest BCUT2D eigenvalue weighted by Crippen LogP contribution is -2.24. The molecule has 1 aromatic carbocycles. The van der Waals surface area contributed by atoms with E-state index in [1.165, 1.54) is 0 Å². The molecule has 10 heteroatoms. The average Bonchev–Trinajstić information content (AvgIpc) is 3.16. The standard InChI is InChI=1S/C17H23Cl2N3O.C2H2O4/c1-3-21(4-2)10-5-6-12-23-17-9-11-22(20-17)14-7-8-15(18)16(19)13-14;3-1(4)2(5)6/h7-9,11,13H,3-6,10,12H2,1-2H3;(H,3,4)(H,5,6). The number of halogens is 2. The van der Waals surface area contributed by atoms with E-state index < -0.39 is 11.9 Å². The number of rotatable bonds is 9. The third-order valence-electron chi connectivity index (χ3n) is 3.93. The number of aromatic nitrogens is 2. The van der Waals surface area contributed by atoms with E-state index in [-0.39, 0.29) is 0 Å². The van der Waals surface area contributed by atoms with Gasteiger partial charge in [0.2, 0.25) is 5.88 Å². The van der Waals surface area contributed by atoms with E-state index >= 15 is 0 Å². The zero-order valence-electron chi connectivity index (χ0n) is 16.3. The summed E-state index contributed by atoms with van der Waals surface area (Å²) in [4.78, 5) is 20.6. The molecule has 0 saturated heterocycles. The summed E-state index contributed by atoms with van der Waals surface area (Å²) in [5.74, 6) is -3.02. The van der Waals surface area contributed by atoms with Crippen molar-refractivity contribution in [2.75, 3.05) is 26.2 Å². The zero-order chi connectivity index (χ0) is 21.8. The van der Waals surface area contributed by atoms with Gasteiger partial charge in [-0.1, -0.05) is 37.0 Å². The molecule has 0 saturated carbocycles. The molecule has 0 atom stereocenters. The maximum Gasteiger partial charge on any atom is 0.414 e. The van der Waals surface area contributed by atoms with E-state index in [4.69, 9.17) is 47.7 Å². The van der Waals surface area contributed by atoms with E-state index in [9.17, 15) is 0 Å². The fraction of sp³-hybridized carbons (Fsp3) is 0.421. The van der Waals surface area contributed by atoms with Gasteiger partial charge in [-0.25, -0.2) is 14.3 Å². The van der Waals surface area contributed by atoms with Gasteiger partial charge in [-0.2, -0.15) is 0 Å². The fourth-order valence-electron chi connectivity index (χ4n) is 2.31. The van der Waals surface area contributed by atoms with Crippen molar-refractivity contribution in [2.45, 2.75) is 26.7 Å². The van der Waals surface area contributed by atoms with Crippen molar-refractivity contribution in [1.82, 2.24) is 14.7 Å². The van der Waals surface area contributed by atoms with E-state index in [0.717, 1.165) is 38.2 Å². The van der Waals surface area contributed by atoms with Crippen molar-refractivity contribution in [1.29, 1.82) is 0 Å². The molecule has 2 aromatic rings. The fourth-order valence-corrected chi connectivity index (χ4v) is 2.60. The zero-order valence-corrected chi connectivity index (χ0v) is 17.9. The lowest BCUT2D eigenvalue weighted by atomic mass is 10.3. The minimum Gasteiger partial charge on any atom is -0.477 e. The number of carbonyl (C=O) groups is 2. The number of unbranched alkanes of at least 4 members (excludes halogenated alkanes) is 1. The van der Waals surface area contributed by atoms with Crippen LogP contribution in [0.2, 0.25) is 10.0 Å². The summed E-state index contributed by atoms with van der Waals surface area (Å²) in [7, 11) is 0. The van der Waals surface area contributed by atoms with Gasteiger partial charge in [0.25, 0.3) is 0 Å². The number of ether oxygens (including phenoxy) is 1. The average molecular weight is 446 g/mol. The number of carboxylic acid groups (broad SMARTS) is 2. The number of aliphatic carboxylic acids is 2. The van der Waals surface area contributed by atoms with Crippen LogP contribution in [-0.2, 0) is 9.59 Å². The molecule has 1 heterocycles. The third-order valence-corrected chi connectivity index (χ3v) is 4.67. The van der Waals surface area contributed by atoms with Crippen molar-refractivity contribution in [2.24, 2.45) is 0 Å². The Morgan fingerprint density at radius 2 is 1.72 bits per heavy atom.